The highest BCUT2D eigenvalue weighted by Crippen LogP contribution is 2.16. The molecule has 0 fully saturated rings. The van der Waals surface area contributed by atoms with Crippen LogP contribution in [0.25, 0.3) is 0 Å². The van der Waals surface area contributed by atoms with E-state index in [1.165, 1.54) is 0 Å². The van der Waals surface area contributed by atoms with Crippen LogP contribution in [0.3, 0.4) is 0 Å². The number of nitrogens with zero attached hydrogens (tertiary/aromatic N) is 1. The molecule has 0 bridgehead atoms. The third-order valence-corrected chi connectivity index (χ3v) is 2.35. The number of ether oxygens (including phenoxy) is 1. The number of halogens is 3. The Morgan fingerprint density at radius 1 is 1.29 bits per heavy atom. The zero-order chi connectivity index (χ0) is 16.5. The monoisotopic (exact) mass is 314 g/mol. The smallest absolute Gasteiger partial charge is 0.406 e. The SMILES string of the molecule is CC(C)CCOCCNC(=O)N(CC(=O)O)CC(F)(F)F. The highest BCUT2D eigenvalue weighted by molar-refractivity contribution is 5.80. The van der Waals surface area contributed by atoms with E-state index in [4.69, 9.17) is 9.84 Å². The number of carbonyl (C=O) groups excluding carboxylic acids is 1. The van der Waals surface area contributed by atoms with Gasteiger partial charge in [0, 0.05) is 13.2 Å². The number of hydrogen-bond donors (Lipinski definition) is 2. The fourth-order valence-corrected chi connectivity index (χ4v) is 1.34. The van der Waals surface area contributed by atoms with Crippen molar-refractivity contribution in [1.82, 2.24) is 10.2 Å². The van der Waals surface area contributed by atoms with Gasteiger partial charge in [0.15, 0.2) is 0 Å². The zero-order valence-corrected chi connectivity index (χ0v) is 12.1. The number of amides is 2. The first-order valence-corrected chi connectivity index (χ1v) is 6.51. The summed E-state index contributed by atoms with van der Waals surface area (Å²) in [6.45, 7) is 2.09. The van der Waals surface area contributed by atoms with E-state index >= 15 is 0 Å². The lowest BCUT2D eigenvalue weighted by Crippen LogP contribution is -2.47. The number of rotatable bonds is 9. The van der Waals surface area contributed by atoms with Gasteiger partial charge in [0.25, 0.3) is 0 Å². The number of urea groups is 1. The first-order chi connectivity index (χ1) is 9.61. The number of aliphatic carboxylic acids is 1. The van der Waals surface area contributed by atoms with Crippen LogP contribution in [0.4, 0.5) is 18.0 Å². The number of hydrogen-bond acceptors (Lipinski definition) is 3. The number of carboxylic acid groups (broad SMARTS) is 1. The summed E-state index contributed by atoms with van der Waals surface area (Å²) in [6, 6.07) is -1.08. The summed E-state index contributed by atoms with van der Waals surface area (Å²) < 4.78 is 41.9. The lowest BCUT2D eigenvalue weighted by molar-refractivity contribution is -0.148. The molecular formula is C12H21F3N2O4. The molecule has 21 heavy (non-hydrogen) atoms. The van der Waals surface area contributed by atoms with Crippen molar-refractivity contribution in [2.75, 3.05) is 32.8 Å². The number of nitrogens with one attached hydrogen (secondary N) is 1. The lowest BCUT2D eigenvalue weighted by atomic mass is 10.1. The third-order valence-electron chi connectivity index (χ3n) is 2.35. The van der Waals surface area contributed by atoms with Crippen LogP contribution in [0.15, 0.2) is 0 Å². The van der Waals surface area contributed by atoms with E-state index in [1.807, 2.05) is 13.8 Å². The second kappa shape index (κ2) is 9.43. The van der Waals surface area contributed by atoms with Crippen molar-refractivity contribution in [3.05, 3.63) is 0 Å². The van der Waals surface area contributed by atoms with Gasteiger partial charge >= 0.3 is 18.2 Å². The molecule has 0 saturated carbocycles. The Kier molecular flexibility index (Phi) is 8.75. The minimum Gasteiger partial charge on any atom is -0.480 e. The van der Waals surface area contributed by atoms with Crippen LogP contribution >= 0.6 is 0 Å². The predicted octanol–water partition coefficient (Wildman–Crippen LogP) is 1.71. The van der Waals surface area contributed by atoms with Gasteiger partial charge in [-0.05, 0) is 12.3 Å². The summed E-state index contributed by atoms with van der Waals surface area (Å²) in [6.07, 6.45) is -3.81. The minimum absolute atomic E-state index is 0.0188. The van der Waals surface area contributed by atoms with Crippen LogP contribution in [0.2, 0.25) is 0 Å². The van der Waals surface area contributed by atoms with Gasteiger partial charge in [-0.2, -0.15) is 13.2 Å². The van der Waals surface area contributed by atoms with Crippen LogP contribution in [0.1, 0.15) is 20.3 Å². The van der Waals surface area contributed by atoms with Gasteiger partial charge < -0.3 is 20.1 Å². The van der Waals surface area contributed by atoms with Crippen molar-refractivity contribution in [3.8, 4) is 0 Å². The van der Waals surface area contributed by atoms with E-state index < -0.39 is 31.3 Å². The highest BCUT2D eigenvalue weighted by Gasteiger charge is 2.33. The molecule has 9 heteroatoms. The Hall–Kier alpha value is -1.51. The second-order valence-electron chi connectivity index (χ2n) is 4.89. The average Bonchev–Trinajstić information content (AvgIpc) is 2.29. The molecule has 0 aromatic rings. The first kappa shape index (κ1) is 19.5. The van der Waals surface area contributed by atoms with E-state index in [-0.39, 0.29) is 18.1 Å². The van der Waals surface area contributed by atoms with Crippen LogP contribution in [0, 0.1) is 5.92 Å². The van der Waals surface area contributed by atoms with Crippen molar-refractivity contribution in [1.29, 1.82) is 0 Å². The molecule has 0 atom stereocenters. The van der Waals surface area contributed by atoms with Gasteiger partial charge in [0.2, 0.25) is 0 Å². The molecule has 0 unspecified atom stereocenters. The molecule has 6 nitrogen and oxygen atoms in total. The Morgan fingerprint density at radius 3 is 2.38 bits per heavy atom. The molecule has 0 rings (SSSR count). The van der Waals surface area contributed by atoms with E-state index in [0.717, 1.165) is 6.42 Å². The van der Waals surface area contributed by atoms with Gasteiger partial charge in [0.05, 0.1) is 6.61 Å². The van der Waals surface area contributed by atoms with Crippen LogP contribution < -0.4 is 5.32 Å². The maximum Gasteiger partial charge on any atom is 0.406 e. The molecule has 0 aromatic heterocycles. The molecule has 0 radical (unpaired) electrons. The molecule has 0 spiro atoms. The fourth-order valence-electron chi connectivity index (χ4n) is 1.34. The van der Waals surface area contributed by atoms with Crippen LogP contribution in [-0.2, 0) is 9.53 Å². The maximum atomic E-state index is 12.2. The molecule has 0 aliphatic rings. The normalized spacial score (nSPS) is 11.5. The van der Waals surface area contributed by atoms with Crippen LogP contribution in [0.5, 0.6) is 0 Å². The molecule has 0 heterocycles. The highest BCUT2D eigenvalue weighted by atomic mass is 19.4. The topological polar surface area (TPSA) is 78.9 Å². The molecule has 0 aliphatic carbocycles. The summed E-state index contributed by atoms with van der Waals surface area (Å²) >= 11 is 0. The van der Waals surface area contributed by atoms with Gasteiger partial charge in [-0.15, -0.1) is 0 Å². The Labute approximate surface area is 121 Å². The fraction of sp³-hybridized carbons (Fsp3) is 0.833. The number of carboxylic acids is 1. The molecule has 124 valence electrons. The molecule has 2 amide bonds. The molecule has 0 aromatic carbocycles. The summed E-state index contributed by atoms with van der Waals surface area (Å²) in [4.78, 5) is 22.1. The minimum atomic E-state index is -4.65. The first-order valence-electron chi connectivity index (χ1n) is 6.51. The van der Waals surface area contributed by atoms with E-state index in [9.17, 15) is 22.8 Å². The average molecular weight is 314 g/mol. The zero-order valence-electron chi connectivity index (χ0n) is 12.1. The Balaban J connectivity index is 4.08. The van der Waals surface area contributed by atoms with E-state index in [0.29, 0.717) is 12.5 Å². The predicted molar refractivity (Wildman–Crippen MR) is 68.9 cm³/mol. The molecule has 2 N–H and O–H groups in total. The molecular weight excluding hydrogens is 293 g/mol. The summed E-state index contributed by atoms with van der Waals surface area (Å²) in [7, 11) is 0. The summed E-state index contributed by atoms with van der Waals surface area (Å²) in [5, 5.41) is 10.7. The van der Waals surface area contributed by atoms with Crippen molar-refractivity contribution in [3.63, 3.8) is 0 Å². The van der Waals surface area contributed by atoms with Gasteiger partial charge in [-0.25, -0.2) is 4.79 Å². The Bertz CT molecular complexity index is 335. The maximum absolute atomic E-state index is 12.2. The quantitative estimate of drug-likeness (QED) is 0.635. The standard InChI is InChI=1S/C12H21F3N2O4/c1-9(2)3-5-21-6-4-16-11(20)17(7-10(18)19)8-12(13,14)15/h9H,3-8H2,1-2H3,(H,16,20)(H,18,19). The van der Waals surface area contributed by atoms with Crippen LogP contribution in [-0.4, -0.2) is 61.0 Å². The van der Waals surface area contributed by atoms with Crippen molar-refractivity contribution in [2.45, 2.75) is 26.4 Å². The van der Waals surface area contributed by atoms with Crippen molar-refractivity contribution in [2.24, 2.45) is 5.92 Å². The summed E-state index contributed by atoms with van der Waals surface area (Å²) in [5.74, 6) is -1.04. The Morgan fingerprint density at radius 2 is 1.90 bits per heavy atom. The van der Waals surface area contributed by atoms with Gasteiger partial charge in [-0.3, -0.25) is 4.79 Å². The number of carbonyl (C=O) groups is 2. The largest absolute Gasteiger partial charge is 0.480 e. The lowest BCUT2D eigenvalue weighted by Gasteiger charge is -2.22. The van der Waals surface area contributed by atoms with Gasteiger partial charge in [0.1, 0.15) is 13.1 Å². The summed E-state index contributed by atoms with van der Waals surface area (Å²) in [5.41, 5.74) is 0. The molecule has 0 aliphatic heterocycles. The van der Waals surface area contributed by atoms with Crippen molar-refractivity contribution >= 4 is 12.0 Å². The van der Waals surface area contributed by atoms with Crippen molar-refractivity contribution < 1.29 is 32.6 Å². The van der Waals surface area contributed by atoms with E-state index in [2.05, 4.69) is 5.32 Å². The second-order valence-corrected chi connectivity index (χ2v) is 4.89. The number of alkyl halides is 3. The molecule has 0 saturated heterocycles. The van der Waals surface area contributed by atoms with Gasteiger partial charge in [-0.1, -0.05) is 13.8 Å². The third kappa shape index (κ3) is 12.0. The van der Waals surface area contributed by atoms with E-state index in [1.54, 1.807) is 0 Å².